The molecule has 1 unspecified atom stereocenters. The van der Waals surface area contributed by atoms with Gasteiger partial charge in [-0.05, 0) is 24.3 Å². The SMILES string of the molecule is CC1(C)CCCCC1(N)c1cccc(F)c1F. The molecule has 1 saturated carbocycles. The predicted molar refractivity (Wildman–Crippen MR) is 64.5 cm³/mol. The minimum Gasteiger partial charge on any atom is -0.321 e. The number of rotatable bonds is 1. The Kier molecular flexibility index (Phi) is 2.98. The first kappa shape index (κ1) is 12.5. The fourth-order valence-corrected chi connectivity index (χ4v) is 2.88. The molecule has 0 heterocycles. The predicted octanol–water partition coefficient (Wildman–Crippen LogP) is 3.72. The van der Waals surface area contributed by atoms with Gasteiger partial charge >= 0.3 is 0 Å². The molecular formula is C14H19F2N. The zero-order valence-corrected chi connectivity index (χ0v) is 10.4. The minimum absolute atomic E-state index is 0.208. The van der Waals surface area contributed by atoms with Crippen molar-refractivity contribution in [1.82, 2.24) is 0 Å². The standard InChI is InChI=1S/C14H19F2N/c1-13(2)8-3-4-9-14(13,17)10-6-5-7-11(15)12(10)16/h5-7H,3-4,8-9,17H2,1-2H3. The molecular weight excluding hydrogens is 220 g/mol. The van der Waals surface area contributed by atoms with Crippen molar-refractivity contribution in [2.24, 2.45) is 11.1 Å². The van der Waals surface area contributed by atoms with E-state index in [1.54, 1.807) is 6.07 Å². The van der Waals surface area contributed by atoms with Crippen molar-refractivity contribution in [3.63, 3.8) is 0 Å². The highest BCUT2D eigenvalue weighted by Gasteiger charge is 2.46. The smallest absolute Gasteiger partial charge is 0.163 e. The van der Waals surface area contributed by atoms with Crippen molar-refractivity contribution < 1.29 is 8.78 Å². The molecule has 1 fully saturated rings. The van der Waals surface area contributed by atoms with Gasteiger partial charge in [0.1, 0.15) is 0 Å². The fraction of sp³-hybridized carbons (Fsp3) is 0.571. The Labute approximate surface area is 101 Å². The van der Waals surface area contributed by atoms with E-state index in [-0.39, 0.29) is 5.41 Å². The molecule has 0 aliphatic heterocycles. The van der Waals surface area contributed by atoms with Gasteiger partial charge in [0.15, 0.2) is 11.6 Å². The molecule has 17 heavy (non-hydrogen) atoms. The number of hydrogen-bond donors (Lipinski definition) is 1. The molecule has 2 N–H and O–H groups in total. The fourth-order valence-electron chi connectivity index (χ4n) is 2.88. The monoisotopic (exact) mass is 239 g/mol. The Morgan fingerprint density at radius 3 is 2.41 bits per heavy atom. The van der Waals surface area contributed by atoms with Gasteiger partial charge in [-0.1, -0.05) is 38.8 Å². The molecule has 0 spiro atoms. The molecule has 0 saturated heterocycles. The van der Waals surface area contributed by atoms with Crippen molar-refractivity contribution in [1.29, 1.82) is 0 Å². The van der Waals surface area contributed by atoms with Gasteiger partial charge in [-0.2, -0.15) is 0 Å². The molecule has 1 aliphatic carbocycles. The lowest BCUT2D eigenvalue weighted by Crippen LogP contribution is -2.52. The summed E-state index contributed by atoms with van der Waals surface area (Å²) in [6.45, 7) is 4.08. The lowest BCUT2D eigenvalue weighted by molar-refractivity contribution is 0.0936. The van der Waals surface area contributed by atoms with Crippen LogP contribution in [0.3, 0.4) is 0 Å². The molecule has 1 aromatic carbocycles. The Morgan fingerprint density at radius 1 is 1.12 bits per heavy atom. The average molecular weight is 239 g/mol. The van der Waals surface area contributed by atoms with Gasteiger partial charge < -0.3 is 5.73 Å². The molecule has 1 aliphatic rings. The third-order valence-electron chi connectivity index (χ3n) is 4.26. The van der Waals surface area contributed by atoms with E-state index in [2.05, 4.69) is 0 Å². The maximum absolute atomic E-state index is 13.9. The quantitative estimate of drug-likeness (QED) is 0.794. The minimum atomic E-state index is -0.811. The van der Waals surface area contributed by atoms with Gasteiger partial charge in [-0.3, -0.25) is 0 Å². The van der Waals surface area contributed by atoms with Crippen LogP contribution in [0.15, 0.2) is 18.2 Å². The van der Waals surface area contributed by atoms with Crippen LogP contribution in [-0.2, 0) is 5.54 Å². The van der Waals surface area contributed by atoms with E-state index < -0.39 is 17.2 Å². The number of benzene rings is 1. The van der Waals surface area contributed by atoms with E-state index in [0.29, 0.717) is 12.0 Å². The zero-order valence-electron chi connectivity index (χ0n) is 10.4. The number of hydrogen-bond acceptors (Lipinski definition) is 1. The lowest BCUT2D eigenvalue weighted by Gasteiger charge is -2.48. The van der Waals surface area contributed by atoms with Crippen LogP contribution in [0.5, 0.6) is 0 Å². The summed E-state index contributed by atoms with van der Waals surface area (Å²) in [6.07, 6.45) is 3.72. The molecule has 1 aromatic rings. The lowest BCUT2D eigenvalue weighted by atomic mass is 9.61. The van der Waals surface area contributed by atoms with Crippen molar-refractivity contribution in [2.75, 3.05) is 0 Å². The molecule has 0 radical (unpaired) electrons. The molecule has 3 heteroatoms. The number of nitrogens with two attached hydrogens (primary N) is 1. The summed E-state index contributed by atoms with van der Waals surface area (Å²) >= 11 is 0. The van der Waals surface area contributed by atoms with Gasteiger partial charge in [0.05, 0.1) is 0 Å². The normalized spacial score (nSPS) is 28.1. The van der Waals surface area contributed by atoms with Crippen LogP contribution in [0.4, 0.5) is 8.78 Å². The molecule has 94 valence electrons. The average Bonchev–Trinajstić information content (AvgIpc) is 2.26. The maximum Gasteiger partial charge on any atom is 0.163 e. The van der Waals surface area contributed by atoms with Crippen molar-refractivity contribution in [3.05, 3.63) is 35.4 Å². The summed E-state index contributed by atoms with van der Waals surface area (Å²) in [5.74, 6) is -1.60. The van der Waals surface area contributed by atoms with Crippen LogP contribution in [0.2, 0.25) is 0 Å². The van der Waals surface area contributed by atoms with Crippen molar-refractivity contribution in [3.8, 4) is 0 Å². The van der Waals surface area contributed by atoms with Crippen LogP contribution in [0, 0.1) is 17.0 Å². The van der Waals surface area contributed by atoms with Gasteiger partial charge in [-0.15, -0.1) is 0 Å². The van der Waals surface area contributed by atoms with Crippen molar-refractivity contribution in [2.45, 2.75) is 45.1 Å². The Balaban J connectivity index is 2.53. The highest BCUT2D eigenvalue weighted by molar-refractivity contribution is 5.30. The molecule has 0 bridgehead atoms. The van der Waals surface area contributed by atoms with E-state index in [4.69, 9.17) is 5.73 Å². The summed E-state index contributed by atoms with van der Waals surface area (Å²) in [4.78, 5) is 0. The van der Waals surface area contributed by atoms with Gasteiger partial charge in [0.25, 0.3) is 0 Å². The molecule has 0 aromatic heterocycles. The third-order valence-corrected chi connectivity index (χ3v) is 4.26. The molecule has 1 nitrogen and oxygen atoms in total. The van der Waals surface area contributed by atoms with Crippen LogP contribution in [0.25, 0.3) is 0 Å². The first-order valence-electron chi connectivity index (χ1n) is 6.12. The maximum atomic E-state index is 13.9. The summed E-state index contributed by atoms with van der Waals surface area (Å²) in [7, 11) is 0. The van der Waals surface area contributed by atoms with Crippen molar-refractivity contribution >= 4 is 0 Å². The Hall–Kier alpha value is -0.960. The highest BCUT2D eigenvalue weighted by atomic mass is 19.2. The van der Waals surface area contributed by atoms with E-state index >= 15 is 0 Å². The molecule has 2 rings (SSSR count). The van der Waals surface area contributed by atoms with Gasteiger partial charge in [0.2, 0.25) is 0 Å². The van der Waals surface area contributed by atoms with E-state index in [1.165, 1.54) is 6.07 Å². The Morgan fingerprint density at radius 2 is 1.76 bits per heavy atom. The van der Waals surface area contributed by atoms with E-state index in [1.807, 2.05) is 13.8 Å². The second kappa shape index (κ2) is 4.05. The zero-order chi connectivity index (χ0) is 12.7. The van der Waals surface area contributed by atoms with Crippen LogP contribution < -0.4 is 5.73 Å². The van der Waals surface area contributed by atoms with Gasteiger partial charge in [0, 0.05) is 11.1 Å². The van der Waals surface area contributed by atoms with E-state index in [0.717, 1.165) is 25.3 Å². The van der Waals surface area contributed by atoms with Crippen LogP contribution in [0.1, 0.15) is 45.1 Å². The molecule has 1 atom stereocenters. The first-order chi connectivity index (χ1) is 7.88. The summed E-state index contributed by atoms with van der Waals surface area (Å²) in [5.41, 5.74) is 5.77. The largest absolute Gasteiger partial charge is 0.321 e. The van der Waals surface area contributed by atoms with E-state index in [9.17, 15) is 8.78 Å². The summed E-state index contributed by atoms with van der Waals surface area (Å²) in [5, 5.41) is 0. The number of halogens is 2. The first-order valence-corrected chi connectivity index (χ1v) is 6.12. The van der Waals surface area contributed by atoms with Crippen LogP contribution in [-0.4, -0.2) is 0 Å². The van der Waals surface area contributed by atoms with Crippen LogP contribution >= 0.6 is 0 Å². The Bertz CT molecular complexity index is 428. The summed E-state index contributed by atoms with van der Waals surface area (Å²) in [6, 6.07) is 4.29. The van der Waals surface area contributed by atoms with Gasteiger partial charge in [-0.25, -0.2) is 8.78 Å². The third kappa shape index (κ3) is 1.86. The molecule has 0 amide bonds. The second-order valence-corrected chi connectivity index (χ2v) is 5.66. The topological polar surface area (TPSA) is 26.0 Å². The summed E-state index contributed by atoms with van der Waals surface area (Å²) < 4.78 is 27.2. The highest BCUT2D eigenvalue weighted by Crippen LogP contribution is 2.49. The second-order valence-electron chi connectivity index (χ2n) is 5.66.